The molecule has 2 aromatic carbocycles. The molecule has 1 saturated heterocycles. The Kier molecular flexibility index (Phi) is 6.36. The van der Waals surface area contributed by atoms with Gasteiger partial charge in [-0.25, -0.2) is 23.7 Å². The van der Waals surface area contributed by atoms with Crippen LogP contribution in [0.15, 0.2) is 30.5 Å². The van der Waals surface area contributed by atoms with E-state index in [0.29, 0.717) is 29.4 Å². The van der Waals surface area contributed by atoms with Crippen LogP contribution in [0.1, 0.15) is 32.6 Å². The van der Waals surface area contributed by atoms with Crippen molar-refractivity contribution < 1.29 is 28.2 Å². The van der Waals surface area contributed by atoms with Crippen molar-refractivity contribution in [3.05, 3.63) is 52.9 Å². The van der Waals surface area contributed by atoms with Crippen molar-refractivity contribution in [1.82, 2.24) is 19.5 Å². The molecule has 2 aliphatic heterocycles. The highest BCUT2D eigenvalue weighted by Crippen LogP contribution is 2.45. The third-order valence-electron chi connectivity index (χ3n) is 6.80. The number of nitrogens with one attached hydrogen (secondary N) is 1. The van der Waals surface area contributed by atoms with Crippen LogP contribution < -0.4 is 15.0 Å². The summed E-state index contributed by atoms with van der Waals surface area (Å²) in [6.45, 7) is 5.80. The zero-order valence-electron chi connectivity index (χ0n) is 21.8. The number of carbonyl (C=O) groups excluding carboxylic acids is 1. The fourth-order valence-corrected chi connectivity index (χ4v) is 5.18. The molecular weight excluding hydrogens is 546 g/mol. The normalized spacial score (nSPS) is 17.3. The van der Waals surface area contributed by atoms with E-state index in [2.05, 4.69) is 20.3 Å². The molecule has 40 heavy (non-hydrogen) atoms. The molecule has 13 heteroatoms. The lowest BCUT2D eigenvalue weighted by Crippen LogP contribution is -2.42. The predicted molar refractivity (Wildman–Crippen MR) is 144 cm³/mol. The van der Waals surface area contributed by atoms with Crippen LogP contribution in [-0.4, -0.2) is 56.9 Å². The molecule has 2 N–H and O–H groups in total. The number of nitrogens with zero attached hydrogens (tertiary/aromatic N) is 5. The van der Waals surface area contributed by atoms with Crippen LogP contribution in [0.2, 0.25) is 5.02 Å². The van der Waals surface area contributed by atoms with E-state index in [-0.39, 0.29) is 65.1 Å². The summed E-state index contributed by atoms with van der Waals surface area (Å²) in [7, 11) is 0. The Morgan fingerprint density at radius 2 is 2.00 bits per heavy atom. The van der Waals surface area contributed by atoms with Crippen LogP contribution in [0.3, 0.4) is 0 Å². The van der Waals surface area contributed by atoms with Crippen LogP contribution in [0, 0.1) is 11.6 Å². The molecule has 2 aromatic heterocycles. The maximum atomic E-state index is 15.4. The molecule has 1 atom stereocenters. The Labute approximate surface area is 232 Å². The fraction of sp³-hybridized carbons (Fsp3) is 0.333. The smallest absolute Gasteiger partial charge is 0.253 e. The number of imidazole rings is 1. The molecule has 0 saturated carbocycles. The Morgan fingerprint density at radius 1 is 1.20 bits per heavy atom. The summed E-state index contributed by atoms with van der Waals surface area (Å²) >= 11 is 6.48. The highest BCUT2D eigenvalue weighted by molar-refractivity contribution is 6.33. The summed E-state index contributed by atoms with van der Waals surface area (Å²) in [5.74, 6) is -0.834. The lowest BCUT2D eigenvalue weighted by atomic mass is 10.1. The van der Waals surface area contributed by atoms with Crippen molar-refractivity contribution in [2.24, 2.45) is 0 Å². The van der Waals surface area contributed by atoms with E-state index >= 15 is 4.39 Å². The standard InChI is InChI=1S/C27H25ClF2N6O4/c1-13-11-40-24-15(9-18(30)22-23(24)36(13)25(33-22)27(2,3)38)21-16(28)10-31-26(34-21)32-14-4-5-19(17(29)8-14)35-6-7-39-12-20(35)37/h4-5,8-10,13,38H,6-7,11-12H2,1-3H3,(H,31,32,34)/t13-/m0/s1. The molecule has 0 unspecified atom stereocenters. The number of aliphatic hydroxyl groups is 1. The number of amides is 1. The first-order chi connectivity index (χ1) is 19.0. The average molecular weight is 571 g/mol. The van der Waals surface area contributed by atoms with Gasteiger partial charge >= 0.3 is 0 Å². The van der Waals surface area contributed by atoms with Gasteiger partial charge in [0.05, 0.1) is 35.2 Å². The number of benzene rings is 2. The summed E-state index contributed by atoms with van der Waals surface area (Å²) in [6.07, 6.45) is 1.35. The van der Waals surface area contributed by atoms with Gasteiger partial charge in [0, 0.05) is 17.8 Å². The fourth-order valence-electron chi connectivity index (χ4n) is 4.99. The van der Waals surface area contributed by atoms with Crippen LogP contribution in [0.25, 0.3) is 22.3 Å². The maximum Gasteiger partial charge on any atom is 0.253 e. The topological polar surface area (TPSA) is 115 Å². The number of hydrogen-bond acceptors (Lipinski definition) is 8. The Bertz CT molecular complexity index is 1670. The van der Waals surface area contributed by atoms with Gasteiger partial charge in [0.2, 0.25) is 5.95 Å². The van der Waals surface area contributed by atoms with Crippen molar-refractivity contribution in [2.45, 2.75) is 32.4 Å². The van der Waals surface area contributed by atoms with E-state index in [1.54, 1.807) is 24.5 Å². The van der Waals surface area contributed by atoms with E-state index in [4.69, 9.17) is 21.1 Å². The second-order valence-corrected chi connectivity index (χ2v) is 10.6. The van der Waals surface area contributed by atoms with E-state index in [0.717, 1.165) is 0 Å². The van der Waals surface area contributed by atoms with Gasteiger partial charge in [-0.3, -0.25) is 4.79 Å². The van der Waals surface area contributed by atoms with Gasteiger partial charge in [-0.1, -0.05) is 11.6 Å². The molecule has 10 nitrogen and oxygen atoms in total. The number of anilines is 3. The summed E-state index contributed by atoms with van der Waals surface area (Å²) in [5.41, 5.74) is 0.0915. The maximum absolute atomic E-state index is 15.4. The van der Waals surface area contributed by atoms with Crippen LogP contribution in [0.5, 0.6) is 5.75 Å². The molecule has 0 radical (unpaired) electrons. The number of morpholine rings is 1. The number of hydrogen-bond donors (Lipinski definition) is 2. The molecule has 1 amide bonds. The molecule has 4 aromatic rings. The van der Waals surface area contributed by atoms with Gasteiger partial charge < -0.3 is 29.4 Å². The van der Waals surface area contributed by atoms with Crippen molar-refractivity contribution in [1.29, 1.82) is 0 Å². The lowest BCUT2D eigenvalue weighted by molar-refractivity contribution is -0.125. The average Bonchev–Trinajstić information content (AvgIpc) is 3.33. The minimum absolute atomic E-state index is 0.0697. The summed E-state index contributed by atoms with van der Waals surface area (Å²) in [4.78, 5) is 26.5. The van der Waals surface area contributed by atoms with Gasteiger partial charge in [-0.05, 0) is 45.0 Å². The zero-order chi connectivity index (χ0) is 28.3. The largest absolute Gasteiger partial charge is 0.488 e. The first kappa shape index (κ1) is 26.4. The first-order valence-electron chi connectivity index (χ1n) is 12.6. The lowest BCUT2D eigenvalue weighted by Gasteiger charge is -2.28. The third kappa shape index (κ3) is 4.41. The molecule has 6 rings (SSSR count). The van der Waals surface area contributed by atoms with Crippen molar-refractivity contribution in [2.75, 3.05) is 36.6 Å². The SMILES string of the molecule is C[C@H]1COc2c(-c3nc(Nc4ccc(N5CCOCC5=O)c(F)c4)ncc3Cl)cc(F)c3nc(C(C)(C)O)n1c23. The van der Waals surface area contributed by atoms with Gasteiger partial charge in [-0.15, -0.1) is 0 Å². The molecule has 0 aliphatic carbocycles. The molecule has 208 valence electrons. The molecule has 0 bridgehead atoms. The summed E-state index contributed by atoms with van der Waals surface area (Å²) in [5, 5.41) is 13.8. The third-order valence-corrected chi connectivity index (χ3v) is 7.08. The second-order valence-electron chi connectivity index (χ2n) is 10.2. The van der Waals surface area contributed by atoms with E-state index in [1.165, 1.54) is 29.3 Å². The Morgan fingerprint density at radius 3 is 2.73 bits per heavy atom. The number of aromatic nitrogens is 4. The monoisotopic (exact) mass is 570 g/mol. The number of ether oxygens (including phenoxy) is 2. The molecule has 4 heterocycles. The highest BCUT2D eigenvalue weighted by Gasteiger charge is 2.34. The quantitative estimate of drug-likeness (QED) is 0.354. The van der Waals surface area contributed by atoms with Crippen LogP contribution in [-0.2, 0) is 15.1 Å². The van der Waals surface area contributed by atoms with Gasteiger partial charge in [-0.2, -0.15) is 0 Å². The van der Waals surface area contributed by atoms with Crippen molar-refractivity contribution in [3.63, 3.8) is 0 Å². The van der Waals surface area contributed by atoms with E-state index in [1.807, 2.05) is 6.92 Å². The summed E-state index contributed by atoms with van der Waals surface area (Å²) < 4.78 is 43.3. The minimum Gasteiger partial charge on any atom is -0.488 e. The van der Waals surface area contributed by atoms with Crippen molar-refractivity contribution in [3.8, 4) is 17.0 Å². The molecule has 0 spiro atoms. The number of halogens is 3. The van der Waals surface area contributed by atoms with Gasteiger partial charge in [0.1, 0.15) is 41.5 Å². The Balaban J connectivity index is 1.39. The second kappa shape index (κ2) is 9.65. The van der Waals surface area contributed by atoms with Crippen LogP contribution in [0.4, 0.5) is 26.1 Å². The van der Waals surface area contributed by atoms with Crippen LogP contribution >= 0.6 is 11.6 Å². The van der Waals surface area contributed by atoms with Gasteiger partial charge in [0.25, 0.3) is 5.91 Å². The molecular formula is C27H25ClF2N6O4. The summed E-state index contributed by atoms with van der Waals surface area (Å²) in [6, 6.07) is 5.34. The van der Waals surface area contributed by atoms with Crippen molar-refractivity contribution >= 4 is 45.9 Å². The zero-order valence-corrected chi connectivity index (χ0v) is 22.6. The predicted octanol–water partition coefficient (Wildman–Crippen LogP) is 4.71. The number of rotatable bonds is 5. The molecule has 2 aliphatic rings. The van der Waals surface area contributed by atoms with Gasteiger partial charge in [0.15, 0.2) is 11.6 Å². The molecule has 1 fully saturated rings. The Hall–Kier alpha value is -3.87. The van der Waals surface area contributed by atoms with E-state index < -0.39 is 17.2 Å². The minimum atomic E-state index is -1.32. The number of carbonyl (C=O) groups is 1. The first-order valence-corrected chi connectivity index (χ1v) is 13.0. The highest BCUT2D eigenvalue weighted by atomic mass is 35.5. The van der Waals surface area contributed by atoms with E-state index in [9.17, 15) is 14.3 Å².